The van der Waals surface area contributed by atoms with E-state index in [1.54, 1.807) is 12.1 Å². The molecule has 0 radical (unpaired) electrons. The number of benzene rings is 2. The van der Waals surface area contributed by atoms with Gasteiger partial charge in [-0.1, -0.05) is 6.07 Å². The second-order valence-corrected chi connectivity index (χ2v) is 5.56. The molecular weight excluding hydrogens is 283 g/mol. The Balaban J connectivity index is 1.92. The fourth-order valence-corrected chi connectivity index (χ4v) is 2.70. The Kier molecular flexibility index (Phi) is 5.09. The van der Waals surface area contributed by atoms with Gasteiger partial charge < -0.3 is 5.73 Å². The standard InChI is InChI=1S/C15H14F3NS/c16-11-2-1-3-14(8-11)20-9-13(19)7-10-6-12(17)4-5-15(10)18/h1-6,8,13H,7,9,19H2. The van der Waals surface area contributed by atoms with E-state index in [0.717, 1.165) is 23.1 Å². The first-order chi connectivity index (χ1) is 9.54. The average molecular weight is 297 g/mol. The van der Waals surface area contributed by atoms with Gasteiger partial charge in [0.05, 0.1) is 0 Å². The predicted octanol–water partition coefficient (Wildman–Crippen LogP) is 3.77. The van der Waals surface area contributed by atoms with E-state index in [9.17, 15) is 13.2 Å². The van der Waals surface area contributed by atoms with Gasteiger partial charge in [0.15, 0.2) is 0 Å². The molecule has 0 aromatic heterocycles. The maximum atomic E-state index is 13.5. The summed E-state index contributed by atoms with van der Waals surface area (Å²) in [4.78, 5) is 0.764. The summed E-state index contributed by atoms with van der Waals surface area (Å²) in [5, 5.41) is 0. The van der Waals surface area contributed by atoms with Crippen molar-refractivity contribution in [1.82, 2.24) is 0 Å². The lowest BCUT2D eigenvalue weighted by molar-refractivity contribution is 0.576. The van der Waals surface area contributed by atoms with E-state index < -0.39 is 11.6 Å². The summed E-state index contributed by atoms with van der Waals surface area (Å²) < 4.78 is 39.5. The molecule has 0 saturated heterocycles. The molecule has 2 N–H and O–H groups in total. The molecule has 5 heteroatoms. The van der Waals surface area contributed by atoms with Crippen LogP contribution < -0.4 is 5.73 Å². The molecule has 1 nitrogen and oxygen atoms in total. The van der Waals surface area contributed by atoms with Crippen molar-refractivity contribution in [2.24, 2.45) is 5.73 Å². The Hall–Kier alpha value is -1.46. The van der Waals surface area contributed by atoms with Crippen LogP contribution >= 0.6 is 11.8 Å². The fourth-order valence-electron chi connectivity index (χ4n) is 1.80. The number of nitrogens with two attached hydrogens (primary N) is 1. The molecule has 0 aliphatic carbocycles. The Labute approximate surface area is 120 Å². The SMILES string of the molecule is NC(CSc1cccc(F)c1)Cc1cc(F)ccc1F. The van der Waals surface area contributed by atoms with E-state index in [4.69, 9.17) is 5.73 Å². The minimum Gasteiger partial charge on any atom is -0.327 e. The van der Waals surface area contributed by atoms with Gasteiger partial charge in [-0.05, 0) is 48.4 Å². The molecule has 0 spiro atoms. The number of rotatable bonds is 5. The number of hydrogen-bond acceptors (Lipinski definition) is 2. The van der Waals surface area contributed by atoms with Crippen LogP contribution in [-0.2, 0) is 6.42 Å². The molecule has 0 saturated carbocycles. The summed E-state index contributed by atoms with van der Waals surface area (Å²) >= 11 is 1.39. The van der Waals surface area contributed by atoms with Gasteiger partial charge in [0, 0.05) is 16.7 Å². The molecule has 0 heterocycles. The van der Waals surface area contributed by atoms with Gasteiger partial charge >= 0.3 is 0 Å². The first kappa shape index (κ1) is 14.9. The minimum absolute atomic E-state index is 0.242. The largest absolute Gasteiger partial charge is 0.327 e. The first-order valence-corrected chi connectivity index (χ1v) is 7.11. The van der Waals surface area contributed by atoms with Crippen molar-refractivity contribution in [2.45, 2.75) is 17.4 Å². The van der Waals surface area contributed by atoms with Gasteiger partial charge in [-0.25, -0.2) is 13.2 Å². The van der Waals surface area contributed by atoms with E-state index >= 15 is 0 Å². The van der Waals surface area contributed by atoms with Crippen LogP contribution in [0.4, 0.5) is 13.2 Å². The van der Waals surface area contributed by atoms with Crippen LogP contribution in [0.5, 0.6) is 0 Å². The zero-order valence-corrected chi connectivity index (χ0v) is 11.5. The molecule has 0 aliphatic heterocycles. The molecular formula is C15H14F3NS. The van der Waals surface area contributed by atoms with Crippen LogP contribution in [0.15, 0.2) is 47.4 Å². The number of thioether (sulfide) groups is 1. The summed E-state index contributed by atoms with van der Waals surface area (Å²) in [7, 11) is 0. The van der Waals surface area contributed by atoms with E-state index in [2.05, 4.69) is 0 Å². The summed E-state index contributed by atoms with van der Waals surface area (Å²) in [5.41, 5.74) is 6.17. The van der Waals surface area contributed by atoms with Crippen LogP contribution in [0, 0.1) is 17.5 Å². The predicted molar refractivity (Wildman–Crippen MR) is 75.2 cm³/mol. The van der Waals surface area contributed by atoms with Gasteiger partial charge in [0.25, 0.3) is 0 Å². The highest BCUT2D eigenvalue weighted by atomic mass is 32.2. The van der Waals surface area contributed by atoms with E-state index in [1.165, 1.54) is 23.9 Å². The summed E-state index contributed by atoms with van der Waals surface area (Å²) in [6.07, 6.45) is 0.242. The summed E-state index contributed by atoms with van der Waals surface area (Å²) in [6, 6.07) is 9.18. The van der Waals surface area contributed by atoms with Gasteiger partial charge in [0.2, 0.25) is 0 Å². The van der Waals surface area contributed by atoms with Gasteiger partial charge in [-0.2, -0.15) is 0 Å². The van der Waals surface area contributed by atoms with Crippen molar-refractivity contribution in [3.63, 3.8) is 0 Å². The molecule has 2 rings (SSSR count). The van der Waals surface area contributed by atoms with E-state index in [-0.39, 0.29) is 23.8 Å². The van der Waals surface area contributed by atoms with Crippen molar-refractivity contribution in [1.29, 1.82) is 0 Å². The maximum Gasteiger partial charge on any atom is 0.126 e. The molecule has 0 fully saturated rings. The maximum absolute atomic E-state index is 13.5. The van der Waals surface area contributed by atoms with Crippen LogP contribution in [0.25, 0.3) is 0 Å². The topological polar surface area (TPSA) is 26.0 Å². The fraction of sp³-hybridized carbons (Fsp3) is 0.200. The van der Waals surface area contributed by atoms with Crippen molar-refractivity contribution >= 4 is 11.8 Å². The molecule has 0 amide bonds. The molecule has 1 unspecified atom stereocenters. The molecule has 106 valence electrons. The van der Waals surface area contributed by atoms with Crippen molar-refractivity contribution in [3.05, 3.63) is 65.5 Å². The lowest BCUT2D eigenvalue weighted by Gasteiger charge is -2.12. The third-order valence-electron chi connectivity index (χ3n) is 2.75. The number of halogens is 3. The Bertz CT molecular complexity index is 589. The zero-order chi connectivity index (χ0) is 14.5. The van der Waals surface area contributed by atoms with Gasteiger partial charge in [-0.3, -0.25) is 0 Å². The quantitative estimate of drug-likeness (QED) is 0.850. The Morgan fingerprint density at radius 2 is 1.75 bits per heavy atom. The summed E-state index contributed by atoms with van der Waals surface area (Å²) in [5.74, 6) is -0.747. The monoisotopic (exact) mass is 297 g/mol. The summed E-state index contributed by atoms with van der Waals surface area (Å²) in [6.45, 7) is 0. The van der Waals surface area contributed by atoms with Crippen LogP contribution in [0.3, 0.4) is 0 Å². The molecule has 2 aromatic carbocycles. The molecule has 1 atom stereocenters. The first-order valence-electron chi connectivity index (χ1n) is 6.12. The van der Waals surface area contributed by atoms with Crippen molar-refractivity contribution in [2.75, 3.05) is 5.75 Å². The van der Waals surface area contributed by atoms with Crippen LogP contribution in [0.2, 0.25) is 0 Å². The highest BCUT2D eigenvalue weighted by Crippen LogP contribution is 2.20. The van der Waals surface area contributed by atoms with Crippen molar-refractivity contribution in [3.8, 4) is 0 Å². The Morgan fingerprint density at radius 3 is 2.50 bits per heavy atom. The van der Waals surface area contributed by atoms with Crippen LogP contribution in [-0.4, -0.2) is 11.8 Å². The van der Waals surface area contributed by atoms with E-state index in [1.807, 2.05) is 0 Å². The van der Waals surface area contributed by atoms with Crippen molar-refractivity contribution < 1.29 is 13.2 Å². The van der Waals surface area contributed by atoms with Gasteiger partial charge in [-0.15, -0.1) is 11.8 Å². The molecule has 2 aromatic rings. The second kappa shape index (κ2) is 6.81. The number of hydrogen-bond donors (Lipinski definition) is 1. The zero-order valence-electron chi connectivity index (χ0n) is 10.7. The highest BCUT2D eigenvalue weighted by molar-refractivity contribution is 7.99. The molecule has 0 bridgehead atoms. The van der Waals surface area contributed by atoms with Gasteiger partial charge in [0.1, 0.15) is 17.5 Å². The van der Waals surface area contributed by atoms with Crippen LogP contribution in [0.1, 0.15) is 5.56 Å². The molecule has 0 aliphatic rings. The highest BCUT2D eigenvalue weighted by Gasteiger charge is 2.10. The smallest absolute Gasteiger partial charge is 0.126 e. The minimum atomic E-state index is -0.480. The second-order valence-electron chi connectivity index (χ2n) is 4.47. The lowest BCUT2D eigenvalue weighted by Crippen LogP contribution is -2.26. The Morgan fingerprint density at radius 1 is 1.00 bits per heavy atom. The lowest BCUT2D eigenvalue weighted by atomic mass is 10.1. The third kappa shape index (κ3) is 4.28. The normalized spacial score (nSPS) is 12.4. The molecule has 20 heavy (non-hydrogen) atoms. The third-order valence-corrected chi connectivity index (χ3v) is 3.93. The van der Waals surface area contributed by atoms with E-state index in [0.29, 0.717) is 5.75 Å². The average Bonchev–Trinajstić information content (AvgIpc) is 2.41.